The molecule has 1 saturated heterocycles. The fourth-order valence-electron chi connectivity index (χ4n) is 2.99. The zero-order valence-electron chi connectivity index (χ0n) is 13.9. The minimum Gasteiger partial charge on any atom is -0.466 e. The number of esters is 1. The van der Waals surface area contributed by atoms with Crippen LogP contribution in [0.15, 0.2) is 24.5 Å². The topological polar surface area (TPSA) is 51.5 Å². The van der Waals surface area contributed by atoms with Gasteiger partial charge in [0.05, 0.1) is 12.5 Å². The number of piperidine rings is 1. The van der Waals surface area contributed by atoms with Crippen molar-refractivity contribution >= 4 is 23.6 Å². The number of likely N-dealkylation sites (tertiary alicyclic amines) is 1. The molecule has 0 N–H and O–H groups in total. The Morgan fingerprint density at radius 1 is 1.26 bits per heavy atom. The van der Waals surface area contributed by atoms with Gasteiger partial charge in [0.2, 0.25) is 5.91 Å². The molecule has 6 heteroatoms. The van der Waals surface area contributed by atoms with Crippen LogP contribution in [-0.4, -0.2) is 53.0 Å². The third-order valence-electron chi connectivity index (χ3n) is 4.29. The first kappa shape index (κ1) is 17.9. The maximum atomic E-state index is 12.9. The molecule has 23 heavy (non-hydrogen) atoms. The van der Waals surface area contributed by atoms with Gasteiger partial charge in [-0.3, -0.25) is 9.59 Å². The van der Waals surface area contributed by atoms with Gasteiger partial charge >= 0.3 is 5.97 Å². The van der Waals surface area contributed by atoms with Crippen molar-refractivity contribution in [3.63, 3.8) is 0 Å². The average Bonchev–Trinajstić information content (AvgIpc) is 3.09. The first-order chi connectivity index (χ1) is 11.2. The number of thioether (sulfide) groups is 1. The largest absolute Gasteiger partial charge is 0.466 e. The molecule has 5 nitrogen and oxygen atoms in total. The summed E-state index contributed by atoms with van der Waals surface area (Å²) < 4.78 is 7.08. The minimum atomic E-state index is -0.142. The van der Waals surface area contributed by atoms with E-state index in [0.29, 0.717) is 32.5 Å². The van der Waals surface area contributed by atoms with Crippen LogP contribution in [0.25, 0.3) is 0 Å². The highest BCUT2D eigenvalue weighted by Crippen LogP contribution is 2.24. The standard InChI is InChI=1S/C17H26N2O3S/c1-3-22-17(21)14-6-11-19(12-7-14)16(20)15(8-13-23-2)18-9-4-5-10-18/h4-5,9-10,14-15H,3,6-8,11-13H2,1-2H3. The first-order valence-corrected chi connectivity index (χ1v) is 9.63. The number of carbonyl (C=O) groups is 2. The number of carbonyl (C=O) groups excluding carboxylic acids is 2. The molecule has 0 spiro atoms. The molecular formula is C17H26N2O3S. The molecule has 1 aromatic rings. The third-order valence-corrected chi connectivity index (χ3v) is 4.94. The van der Waals surface area contributed by atoms with Gasteiger partial charge < -0.3 is 14.2 Å². The van der Waals surface area contributed by atoms with Crippen LogP contribution in [-0.2, 0) is 14.3 Å². The van der Waals surface area contributed by atoms with Crippen LogP contribution < -0.4 is 0 Å². The van der Waals surface area contributed by atoms with Crippen LogP contribution in [0.1, 0.15) is 32.2 Å². The molecule has 0 saturated carbocycles. The fraction of sp³-hybridized carbons (Fsp3) is 0.647. The van der Waals surface area contributed by atoms with Gasteiger partial charge in [0, 0.05) is 25.5 Å². The molecular weight excluding hydrogens is 312 g/mol. The van der Waals surface area contributed by atoms with Crippen LogP contribution in [0.3, 0.4) is 0 Å². The molecule has 1 aliphatic heterocycles. The molecule has 0 aromatic carbocycles. The average molecular weight is 338 g/mol. The molecule has 1 unspecified atom stereocenters. The maximum absolute atomic E-state index is 12.9. The Kier molecular flexibility index (Phi) is 7.02. The summed E-state index contributed by atoms with van der Waals surface area (Å²) in [6.07, 6.45) is 8.19. The molecule has 1 fully saturated rings. The van der Waals surface area contributed by atoms with E-state index in [1.165, 1.54) is 0 Å². The second kappa shape index (κ2) is 9.01. The summed E-state index contributed by atoms with van der Waals surface area (Å²) in [5, 5.41) is 0. The van der Waals surface area contributed by atoms with Crippen molar-refractivity contribution in [2.24, 2.45) is 5.92 Å². The Morgan fingerprint density at radius 2 is 1.91 bits per heavy atom. The van der Waals surface area contributed by atoms with Gasteiger partial charge in [-0.05, 0) is 50.3 Å². The fourth-order valence-corrected chi connectivity index (χ4v) is 3.45. The zero-order chi connectivity index (χ0) is 16.7. The van der Waals surface area contributed by atoms with Crippen molar-refractivity contribution in [3.8, 4) is 0 Å². The zero-order valence-corrected chi connectivity index (χ0v) is 14.8. The van der Waals surface area contributed by atoms with Gasteiger partial charge in [0.25, 0.3) is 0 Å². The third kappa shape index (κ3) is 4.77. The van der Waals surface area contributed by atoms with Crippen LogP contribution in [0.2, 0.25) is 0 Å². The summed E-state index contributed by atoms with van der Waals surface area (Å²) in [5.41, 5.74) is 0. The Morgan fingerprint density at radius 3 is 2.48 bits per heavy atom. The summed E-state index contributed by atoms with van der Waals surface area (Å²) in [5.74, 6) is 0.935. The summed E-state index contributed by atoms with van der Waals surface area (Å²) in [4.78, 5) is 26.6. The number of hydrogen-bond donors (Lipinski definition) is 0. The monoisotopic (exact) mass is 338 g/mol. The second-order valence-corrected chi connectivity index (χ2v) is 6.76. The lowest BCUT2D eigenvalue weighted by Gasteiger charge is -2.33. The SMILES string of the molecule is CCOC(=O)C1CCN(C(=O)C(CCSC)n2cccc2)CC1. The molecule has 0 bridgehead atoms. The highest BCUT2D eigenvalue weighted by atomic mass is 32.2. The summed E-state index contributed by atoms with van der Waals surface area (Å²) in [6, 6.07) is 3.76. The molecule has 1 aliphatic rings. The van der Waals surface area contributed by atoms with Crippen LogP contribution in [0.5, 0.6) is 0 Å². The van der Waals surface area contributed by atoms with E-state index in [4.69, 9.17) is 4.74 Å². The Hall–Kier alpha value is -1.43. The Labute approximate surface area is 142 Å². The number of aromatic nitrogens is 1. The highest BCUT2D eigenvalue weighted by molar-refractivity contribution is 7.98. The van der Waals surface area contributed by atoms with Crippen LogP contribution >= 0.6 is 11.8 Å². The van der Waals surface area contributed by atoms with E-state index in [2.05, 4.69) is 6.26 Å². The highest BCUT2D eigenvalue weighted by Gasteiger charge is 2.31. The summed E-state index contributed by atoms with van der Waals surface area (Å²) in [7, 11) is 0. The second-order valence-electron chi connectivity index (χ2n) is 5.78. The van der Waals surface area contributed by atoms with Crippen molar-refractivity contribution in [3.05, 3.63) is 24.5 Å². The lowest BCUT2D eigenvalue weighted by Crippen LogP contribution is -2.44. The minimum absolute atomic E-state index is 0.0600. The Bertz CT molecular complexity index is 496. The van der Waals surface area contributed by atoms with Crippen LogP contribution in [0, 0.1) is 5.92 Å². The Balaban J connectivity index is 1.95. The van der Waals surface area contributed by atoms with E-state index in [9.17, 15) is 9.59 Å². The van der Waals surface area contributed by atoms with E-state index >= 15 is 0 Å². The van der Waals surface area contributed by atoms with Gasteiger partial charge in [0.15, 0.2) is 0 Å². The van der Waals surface area contributed by atoms with Gasteiger partial charge in [-0.15, -0.1) is 0 Å². The molecule has 1 amide bonds. The van der Waals surface area contributed by atoms with E-state index in [1.54, 1.807) is 11.8 Å². The summed E-state index contributed by atoms with van der Waals surface area (Å²) in [6.45, 7) is 3.52. The van der Waals surface area contributed by atoms with E-state index in [-0.39, 0.29) is 23.8 Å². The van der Waals surface area contributed by atoms with Crippen molar-refractivity contribution in [1.82, 2.24) is 9.47 Å². The van der Waals surface area contributed by atoms with Crippen molar-refractivity contribution < 1.29 is 14.3 Å². The lowest BCUT2D eigenvalue weighted by atomic mass is 9.96. The quantitative estimate of drug-likeness (QED) is 0.717. The number of hydrogen-bond acceptors (Lipinski definition) is 4. The molecule has 1 atom stereocenters. The van der Waals surface area contributed by atoms with E-state index in [1.807, 2.05) is 40.9 Å². The smallest absolute Gasteiger partial charge is 0.309 e. The first-order valence-electron chi connectivity index (χ1n) is 8.24. The predicted octanol–water partition coefficient (Wildman–Crippen LogP) is 2.58. The number of nitrogens with zero attached hydrogens (tertiary/aromatic N) is 2. The molecule has 2 heterocycles. The van der Waals surface area contributed by atoms with Gasteiger partial charge in [-0.2, -0.15) is 11.8 Å². The number of ether oxygens (including phenoxy) is 1. The van der Waals surface area contributed by atoms with Crippen LogP contribution in [0.4, 0.5) is 0 Å². The van der Waals surface area contributed by atoms with Gasteiger partial charge in [-0.1, -0.05) is 0 Å². The van der Waals surface area contributed by atoms with E-state index in [0.717, 1.165) is 12.2 Å². The van der Waals surface area contributed by atoms with Crippen molar-refractivity contribution in [1.29, 1.82) is 0 Å². The van der Waals surface area contributed by atoms with Gasteiger partial charge in [0.1, 0.15) is 6.04 Å². The molecule has 1 aromatic heterocycles. The normalized spacial score (nSPS) is 17.0. The number of rotatable bonds is 7. The predicted molar refractivity (Wildman–Crippen MR) is 92.4 cm³/mol. The molecule has 2 rings (SSSR count). The van der Waals surface area contributed by atoms with E-state index < -0.39 is 0 Å². The number of amides is 1. The molecule has 0 aliphatic carbocycles. The van der Waals surface area contributed by atoms with Crippen molar-refractivity contribution in [2.45, 2.75) is 32.2 Å². The summed E-state index contributed by atoms with van der Waals surface area (Å²) >= 11 is 1.76. The van der Waals surface area contributed by atoms with Crippen molar-refractivity contribution in [2.75, 3.05) is 31.7 Å². The lowest BCUT2D eigenvalue weighted by molar-refractivity contribution is -0.151. The van der Waals surface area contributed by atoms with Gasteiger partial charge in [-0.25, -0.2) is 0 Å². The molecule has 0 radical (unpaired) electrons. The molecule has 128 valence electrons. The maximum Gasteiger partial charge on any atom is 0.309 e.